The van der Waals surface area contributed by atoms with Crippen molar-refractivity contribution in [2.45, 2.75) is 19.8 Å². The Morgan fingerprint density at radius 3 is 2.79 bits per heavy atom. The minimum atomic E-state index is 0.900. The quantitative estimate of drug-likeness (QED) is 0.725. The molecule has 0 fully saturated rings. The van der Waals surface area contributed by atoms with Crippen molar-refractivity contribution in [3.8, 4) is 0 Å². The molecular formula is C10H18N4. The van der Waals surface area contributed by atoms with Gasteiger partial charge in [-0.1, -0.05) is 13.3 Å². The van der Waals surface area contributed by atoms with E-state index in [1.54, 1.807) is 6.33 Å². The molecule has 0 atom stereocenters. The van der Waals surface area contributed by atoms with Crippen molar-refractivity contribution in [2.24, 2.45) is 0 Å². The van der Waals surface area contributed by atoms with Gasteiger partial charge in [-0.3, -0.25) is 0 Å². The van der Waals surface area contributed by atoms with Crippen LogP contribution in [-0.2, 0) is 0 Å². The third kappa shape index (κ3) is 3.20. The molecule has 0 saturated carbocycles. The van der Waals surface area contributed by atoms with Gasteiger partial charge in [-0.05, 0) is 6.42 Å². The highest BCUT2D eigenvalue weighted by Crippen LogP contribution is 2.10. The van der Waals surface area contributed by atoms with Gasteiger partial charge in [0.1, 0.15) is 18.0 Å². The van der Waals surface area contributed by atoms with Crippen molar-refractivity contribution in [3.05, 3.63) is 12.4 Å². The van der Waals surface area contributed by atoms with Crippen LogP contribution in [0.5, 0.6) is 0 Å². The van der Waals surface area contributed by atoms with E-state index in [0.29, 0.717) is 0 Å². The number of anilines is 2. The van der Waals surface area contributed by atoms with Gasteiger partial charge in [0.15, 0.2) is 0 Å². The molecule has 0 aliphatic carbocycles. The Kier molecular flexibility index (Phi) is 4.16. The summed E-state index contributed by atoms with van der Waals surface area (Å²) >= 11 is 0. The van der Waals surface area contributed by atoms with Gasteiger partial charge >= 0.3 is 0 Å². The number of hydrogen-bond acceptors (Lipinski definition) is 4. The average Bonchev–Trinajstić information content (AvgIpc) is 2.19. The summed E-state index contributed by atoms with van der Waals surface area (Å²) in [6.07, 6.45) is 3.95. The molecule has 4 nitrogen and oxygen atoms in total. The zero-order valence-electron chi connectivity index (χ0n) is 9.12. The number of hydrogen-bond donors (Lipinski definition) is 1. The van der Waals surface area contributed by atoms with Crippen LogP contribution in [0, 0.1) is 0 Å². The van der Waals surface area contributed by atoms with E-state index in [4.69, 9.17) is 0 Å². The van der Waals surface area contributed by atoms with E-state index < -0.39 is 0 Å². The third-order valence-corrected chi connectivity index (χ3v) is 1.95. The van der Waals surface area contributed by atoms with Crippen LogP contribution in [-0.4, -0.2) is 30.6 Å². The second-order valence-electron chi connectivity index (χ2n) is 3.44. The van der Waals surface area contributed by atoms with Gasteiger partial charge in [0.05, 0.1) is 0 Å². The van der Waals surface area contributed by atoms with Crippen LogP contribution in [0.2, 0.25) is 0 Å². The molecule has 0 bridgehead atoms. The topological polar surface area (TPSA) is 41.0 Å². The Bertz CT molecular complexity index is 273. The maximum Gasteiger partial charge on any atom is 0.133 e. The third-order valence-electron chi connectivity index (χ3n) is 1.95. The summed E-state index contributed by atoms with van der Waals surface area (Å²) in [4.78, 5) is 10.3. The first kappa shape index (κ1) is 10.8. The van der Waals surface area contributed by atoms with Gasteiger partial charge in [-0.2, -0.15) is 0 Å². The summed E-state index contributed by atoms with van der Waals surface area (Å²) in [6, 6.07) is 1.95. The van der Waals surface area contributed by atoms with Crippen molar-refractivity contribution in [1.29, 1.82) is 0 Å². The van der Waals surface area contributed by atoms with E-state index in [1.807, 2.05) is 25.1 Å². The number of nitrogens with zero attached hydrogens (tertiary/aromatic N) is 3. The average molecular weight is 194 g/mol. The SMILES string of the molecule is CCCCNc1cc(N(C)C)ncn1. The van der Waals surface area contributed by atoms with Gasteiger partial charge in [0.2, 0.25) is 0 Å². The standard InChI is InChI=1S/C10H18N4/c1-4-5-6-11-9-7-10(14(2)3)13-8-12-9/h7-8H,4-6H2,1-3H3,(H,11,12,13). The molecule has 1 aromatic heterocycles. The maximum absolute atomic E-state index is 4.14. The van der Waals surface area contributed by atoms with E-state index in [9.17, 15) is 0 Å². The fourth-order valence-corrected chi connectivity index (χ4v) is 1.08. The molecular weight excluding hydrogens is 176 g/mol. The van der Waals surface area contributed by atoms with Crippen LogP contribution in [0.4, 0.5) is 11.6 Å². The Morgan fingerprint density at radius 1 is 1.36 bits per heavy atom. The molecule has 1 rings (SSSR count). The van der Waals surface area contributed by atoms with Gasteiger partial charge in [-0.15, -0.1) is 0 Å². The summed E-state index contributed by atoms with van der Waals surface area (Å²) in [5, 5.41) is 3.26. The first-order chi connectivity index (χ1) is 6.74. The molecule has 0 aliphatic heterocycles. The number of nitrogens with one attached hydrogen (secondary N) is 1. The van der Waals surface area contributed by atoms with E-state index in [2.05, 4.69) is 22.2 Å². The van der Waals surface area contributed by atoms with Crippen LogP contribution >= 0.6 is 0 Å². The molecule has 1 N–H and O–H groups in total. The fraction of sp³-hybridized carbons (Fsp3) is 0.600. The van der Waals surface area contributed by atoms with Crippen molar-refractivity contribution in [1.82, 2.24) is 9.97 Å². The first-order valence-electron chi connectivity index (χ1n) is 4.97. The Labute approximate surface area is 85.4 Å². The lowest BCUT2D eigenvalue weighted by atomic mass is 10.3. The summed E-state index contributed by atoms with van der Waals surface area (Å²) in [6.45, 7) is 3.15. The van der Waals surface area contributed by atoms with E-state index in [0.717, 1.165) is 18.2 Å². The van der Waals surface area contributed by atoms with Crippen molar-refractivity contribution < 1.29 is 0 Å². The van der Waals surface area contributed by atoms with Crippen LogP contribution < -0.4 is 10.2 Å². The van der Waals surface area contributed by atoms with Crippen molar-refractivity contribution in [3.63, 3.8) is 0 Å². The monoisotopic (exact) mass is 194 g/mol. The maximum atomic E-state index is 4.14. The Morgan fingerprint density at radius 2 is 2.14 bits per heavy atom. The predicted molar refractivity (Wildman–Crippen MR) is 59.8 cm³/mol. The summed E-state index contributed by atoms with van der Waals surface area (Å²) in [7, 11) is 3.94. The van der Waals surface area contributed by atoms with Crippen LogP contribution in [0.15, 0.2) is 12.4 Å². The summed E-state index contributed by atoms with van der Waals surface area (Å²) in [5.74, 6) is 1.83. The lowest BCUT2D eigenvalue weighted by molar-refractivity contribution is 0.830. The summed E-state index contributed by atoms with van der Waals surface area (Å²) in [5.41, 5.74) is 0. The largest absolute Gasteiger partial charge is 0.370 e. The molecule has 4 heteroatoms. The molecule has 0 aromatic carbocycles. The molecule has 1 heterocycles. The molecule has 0 radical (unpaired) electrons. The molecule has 1 aromatic rings. The molecule has 0 amide bonds. The van der Waals surface area contributed by atoms with Gasteiger partial charge in [0.25, 0.3) is 0 Å². The van der Waals surface area contributed by atoms with Gasteiger partial charge in [0, 0.05) is 26.7 Å². The molecule has 14 heavy (non-hydrogen) atoms. The molecule has 0 saturated heterocycles. The lowest BCUT2D eigenvalue weighted by Gasteiger charge is -2.12. The Balaban J connectivity index is 2.55. The van der Waals surface area contributed by atoms with Crippen molar-refractivity contribution in [2.75, 3.05) is 30.9 Å². The molecule has 0 aliphatic rings. The Hall–Kier alpha value is -1.32. The highest BCUT2D eigenvalue weighted by molar-refractivity contribution is 5.47. The van der Waals surface area contributed by atoms with E-state index in [-0.39, 0.29) is 0 Å². The smallest absolute Gasteiger partial charge is 0.133 e. The number of aromatic nitrogens is 2. The zero-order chi connectivity index (χ0) is 10.4. The zero-order valence-corrected chi connectivity index (χ0v) is 9.12. The minimum Gasteiger partial charge on any atom is -0.370 e. The van der Waals surface area contributed by atoms with Gasteiger partial charge < -0.3 is 10.2 Å². The fourth-order valence-electron chi connectivity index (χ4n) is 1.08. The second kappa shape index (κ2) is 5.42. The number of rotatable bonds is 5. The van der Waals surface area contributed by atoms with E-state index in [1.165, 1.54) is 12.8 Å². The first-order valence-corrected chi connectivity index (χ1v) is 4.97. The van der Waals surface area contributed by atoms with Crippen LogP contribution in [0.25, 0.3) is 0 Å². The van der Waals surface area contributed by atoms with Crippen LogP contribution in [0.1, 0.15) is 19.8 Å². The number of unbranched alkanes of at least 4 members (excludes halogenated alkanes) is 1. The highest BCUT2D eigenvalue weighted by Gasteiger charge is 1.98. The lowest BCUT2D eigenvalue weighted by Crippen LogP contribution is -2.12. The van der Waals surface area contributed by atoms with Gasteiger partial charge in [-0.25, -0.2) is 9.97 Å². The molecule has 78 valence electrons. The highest BCUT2D eigenvalue weighted by atomic mass is 15.2. The summed E-state index contributed by atoms with van der Waals surface area (Å²) < 4.78 is 0. The molecule has 0 spiro atoms. The van der Waals surface area contributed by atoms with E-state index >= 15 is 0 Å². The second-order valence-corrected chi connectivity index (χ2v) is 3.44. The molecule has 0 unspecified atom stereocenters. The van der Waals surface area contributed by atoms with Crippen molar-refractivity contribution >= 4 is 11.6 Å². The van der Waals surface area contributed by atoms with Crippen LogP contribution in [0.3, 0.4) is 0 Å². The normalized spacial score (nSPS) is 9.93. The minimum absolute atomic E-state index is 0.900. The predicted octanol–water partition coefficient (Wildman–Crippen LogP) is 1.75.